The van der Waals surface area contributed by atoms with Crippen LogP contribution in [-0.2, 0) is 6.61 Å². The zero-order valence-corrected chi connectivity index (χ0v) is 10.6. The maximum atomic E-state index is 13.5. The van der Waals surface area contributed by atoms with E-state index in [2.05, 4.69) is 0 Å². The molecule has 0 saturated heterocycles. The van der Waals surface area contributed by atoms with E-state index >= 15 is 0 Å². The largest absolute Gasteiger partial charge is 0.493 e. The van der Waals surface area contributed by atoms with Crippen molar-refractivity contribution in [1.82, 2.24) is 0 Å². The number of halogens is 3. The molecule has 0 heterocycles. The van der Waals surface area contributed by atoms with Crippen molar-refractivity contribution in [3.8, 4) is 11.5 Å². The van der Waals surface area contributed by atoms with Crippen LogP contribution in [0.15, 0.2) is 30.3 Å². The van der Waals surface area contributed by atoms with Crippen molar-refractivity contribution in [3.05, 3.63) is 53.3 Å². The maximum Gasteiger partial charge on any atom is 0.168 e. The van der Waals surface area contributed by atoms with Gasteiger partial charge in [-0.15, -0.1) is 0 Å². The molecule has 0 spiro atoms. The van der Waals surface area contributed by atoms with E-state index < -0.39 is 17.5 Å². The number of nitrogen functional groups attached to an aromatic ring is 1. The van der Waals surface area contributed by atoms with Gasteiger partial charge in [0.2, 0.25) is 0 Å². The Morgan fingerprint density at radius 3 is 2.45 bits per heavy atom. The van der Waals surface area contributed by atoms with Crippen LogP contribution in [0.5, 0.6) is 11.5 Å². The van der Waals surface area contributed by atoms with Crippen LogP contribution in [0.4, 0.5) is 18.9 Å². The Balaban J connectivity index is 2.20. The molecular formula is C14H12F3NO2. The molecule has 0 aromatic heterocycles. The number of rotatable bonds is 4. The monoisotopic (exact) mass is 283 g/mol. The van der Waals surface area contributed by atoms with Gasteiger partial charge in [-0.3, -0.25) is 0 Å². The van der Waals surface area contributed by atoms with Gasteiger partial charge < -0.3 is 15.2 Å². The van der Waals surface area contributed by atoms with Crippen molar-refractivity contribution in [3.63, 3.8) is 0 Å². The summed E-state index contributed by atoms with van der Waals surface area (Å²) in [6.07, 6.45) is 0. The highest BCUT2D eigenvalue weighted by Gasteiger charge is 2.12. The molecule has 3 nitrogen and oxygen atoms in total. The van der Waals surface area contributed by atoms with Crippen molar-refractivity contribution >= 4 is 5.69 Å². The van der Waals surface area contributed by atoms with E-state index in [1.807, 2.05) is 0 Å². The summed E-state index contributed by atoms with van der Waals surface area (Å²) in [6.45, 7) is -0.136. The number of hydrogen-bond acceptors (Lipinski definition) is 3. The molecule has 2 aromatic rings. The third-order valence-corrected chi connectivity index (χ3v) is 2.65. The van der Waals surface area contributed by atoms with E-state index in [-0.39, 0.29) is 29.4 Å². The Bertz CT molecular complexity index is 632. The summed E-state index contributed by atoms with van der Waals surface area (Å²) in [4.78, 5) is 0. The van der Waals surface area contributed by atoms with Crippen LogP contribution in [-0.4, -0.2) is 7.11 Å². The van der Waals surface area contributed by atoms with Gasteiger partial charge in [0.25, 0.3) is 0 Å². The Labute approximate surface area is 113 Å². The van der Waals surface area contributed by atoms with Gasteiger partial charge in [0, 0.05) is 17.7 Å². The van der Waals surface area contributed by atoms with Crippen molar-refractivity contribution in [1.29, 1.82) is 0 Å². The molecule has 6 heteroatoms. The Morgan fingerprint density at radius 1 is 1.05 bits per heavy atom. The molecule has 0 fully saturated rings. The van der Waals surface area contributed by atoms with Crippen molar-refractivity contribution in [2.24, 2.45) is 0 Å². The fourth-order valence-electron chi connectivity index (χ4n) is 1.72. The molecule has 0 atom stereocenters. The number of nitrogens with two attached hydrogens (primary N) is 1. The van der Waals surface area contributed by atoms with Crippen molar-refractivity contribution < 1.29 is 22.6 Å². The molecule has 2 aromatic carbocycles. The first-order chi connectivity index (χ1) is 9.51. The molecule has 20 heavy (non-hydrogen) atoms. The van der Waals surface area contributed by atoms with E-state index in [0.717, 1.165) is 18.2 Å². The molecule has 0 unspecified atom stereocenters. The van der Waals surface area contributed by atoms with E-state index in [9.17, 15) is 13.2 Å². The molecule has 2 N–H and O–H groups in total. The third kappa shape index (κ3) is 2.96. The normalized spacial score (nSPS) is 10.4. The third-order valence-electron chi connectivity index (χ3n) is 2.65. The van der Waals surface area contributed by atoms with Gasteiger partial charge in [0.15, 0.2) is 11.6 Å². The van der Waals surface area contributed by atoms with Crippen LogP contribution < -0.4 is 15.2 Å². The van der Waals surface area contributed by atoms with Crippen LogP contribution in [0, 0.1) is 17.5 Å². The first kappa shape index (κ1) is 14.0. The topological polar surface area (TPSA) is 44.5 Å². The highest BCUT2D eigenvalue weighted by atomic mass is 19.1. The second-order valence-corrected chi connectivity index (χ2v) is 4.05. The Morgan fingerprint density at radius 2 is 1.80 bits per heavy atom. The van der Waals surface area contributed by atoms with Crippen LogP contribution in [0.1, 0.15) is 5.56 Å². The average Bonchev–Trinajstić information content (AvgIpc) is 2.39. The van der Waals surface area contributed by atoms with Crippen molar-refractivity contribution in [2.45, 2.75) is 6.61 Å². The lowest BCUT2D eigenvalue weighted by atomic mass is 10.2. The van der Waals surface area contributed by atoms with E-state index in [0.29, 0.717) is 0 Å². The number of hydrogen-bond donors (Lipinski definition) is 1. The molecule has 0 saturated carbocycles. The molecule has 0 radical (unpaired) electrons. The van der Waals surface area contributed by atoms with Gasteiger partial charge in [0.05, 0.1) is 12.8 Å². The quantitative estimate of drug-likeness (QED) is 0.876. The van der Waals surface area contributed by atoms with E-state index in [4.69, 9.17) is 15.2 Å². The molecule has 0 aliphatic rings. The fourth-order valence-corrected chi connectivity index (χ4v) is 1.72. The summed E-state index contributed by atoms with van der Waals surface area (Å²) in [5.41, 5.74) is 5.53. The van der Waals surface area contributed by atoms with Gasteiger partial charge in [-0.25, -0.2) is 13.2 Å². The van der Waals surface area contributed by atoms with Gasteiger partial charge >= 0.3 is 0 Å². The van der Waals surface area contributed by atoms with Gasteiger partial charge in [-0.1, -0.05) is 0 Å². The number of methoxy groups -OCH3 is 1. The maximum absolute atomic E-state index is 13.5. The SMILES string of the molecule is COc1c(F)cc(F)cc1COc1ccc(F)c(N)c1. The first-order valence-corrected chi connectivity index (χ1v) is 5.71. The molecule has 0 aliphatic heterocycles. The molecule has 2 rings (SSSR count). The highest BCUT2D eigenvalue weighted by Crippen LogP contribution is 2.26. The molecule has 106 valence electrons. The van der Waals surface area contributed by atoms with Gasteiger partial charge in [-0.2, -0.15) is 0 Å². The number of anilines is 1. The Kier molecular flexibility index (Phi) is 4.02. The number of benzene rings is 2. The zero-order chi connectivity index (χ0) is 14.7. The van der Waals surface area contributed by atoms with Crippen molar-refractivity contribution in [2.75, 3.05) is 12.8 Å². The summed E-state index contributed by atoms with van der Waals surface area (Å²) in [5, 5.41) is 0. The minimum absolute atomic E-state index is 0.0695. The standard InChI is InChI=1S/C14H12F3NO2/c1-19-14-8(4-9(15)5-12(14)17)7-20-10-2-3-11(16)13(18)6-10/h2-6H,7,18H2,1H3. The number of ether oxygens (including phenoxy) is 2. The van der Waals surface area contributed by atoms with Gasteiger partial charge in [-0.05, 0) is 18.2 Å². The highest BCUT2D eigenvalue weighted by molar-refractivity contribution is 5.45. The van der Waals surface area contributed by atoms with Crippen LogP contribution in [0.25, 0.3) is 0 Å². The molecule has 0 aliphatic carbocycles. The summed E-state index contributed by atoms with van der Waals surface area (Å²) >= 11 is 0. The molecule has 0 bridgehead atoms. The van der Waals surface area contributed by atoms with Gasteiger partial charge in [0.1, 0.15) is 24.0 Å². The van der Waals surface area contributed by atoms with E-state index in [1.54, 1.807) is 0 Å². The average molecular weight is 283 g/mol. The molecular weight excluding hydrogens is 271 g/mol. The lowest BCUT2D eigenvalue weighted by Gasteiger charge is -2.11. The summed E-state index contributed by atoms with van der Waals surface area (Å²) in [5.74, 6) is -1.92. The van der Waals surface area contributed by atoms with Crippen LogP contribution in [0.3, 0.4) is 0 Å². The zero-order valence-electron chi connectivity index (χ0n) is 10.6. The smallest absolute Gasteiger partial charge is 0.168 e. The first-order valence-electron chi connectivity index (χ1n) is 5.71. The van der Waals surface area contributed by atoms with E-state index in [1.165, 1.54) is 19.2 Å². The summed E-state index contributed by atoms with van der Waals surface area (Å²) in [7, 11) is 1.27. The predicted molar refractivity (Wildman–Crippen MR) is 68.1 cm³/mol. The minimum Gasteiger partial charge on any atom is -0.493 e. The minimum atomic E-state index is -0.815. The fraction of sp³-hybridized carbons (Fsp3) is 0.143. The van der Waals surface area contributed by atoms with Crippen LogP contribution in [0.2, 0.25) is 0 Å². The lowest BCUT2D eigenvalue weighted by molar-refractivity contribution is 0.291. The Hall–Kier alpha value is -2.37. The van der Waals surface area contributed by atoms with Crippen LogP contribution >= 0.6 is 0 Å². The summed E-state index contributed by atoms with van der Waals surface area (Å²) < 4.78 is 49.8. The molecule has 0 amide bonds. The lowest BCUT2D eigenvalue weighted by Crippen LogP contribution is -2.02. The predicted octanol–water partition coefficient (Wildman–Crippen LogP) is 3.27. The second-order valence-electron chi connectivity index (χ2n) is 4.05. The summed E-state index contributed by atoms with van der Waals surface area (Å²) in [6, 6.07) is 5.63. The second kappa shape index (κ2) is 5.73.